The molecule has 0 fully saturated rings. The lowest BCUT2D eigenvalue weighted by Gasteiger charge is -2.22. The lowest BCUT2D eigenvalue weighted by Crippen LogP contribution is -2.47. The Morgan fingerprint density at radius 3 is 2.37 bits per heavy atom. The highest BCUT2D eigenvalue weighted by molar-refractivity contribution is 7.07. The van der Waals surface area contributed by atoms with Gasteiger partial charge in [0, 0.05) is 34.6 Å². The number of nitrogens with one attached hydrogen (secondary N) is 3. The van der Waals surface area contributed by atoms with E-state index in [9.17, 15) is 24.8 Å². The lowest BCUT2D eigenvalue weighted by molar-refractivity contribution is -0.123. The predicted molar refractivity (Wildman–Crippen MR) is 139 cm³/mol. The number of nitriles is 1. The zero-order chi connectivity index (χ0) is 26.6. The van der Waals surface area contributed by atoms with Gasteiger partial charge in [0.25, 0.3) is 11.5 Å². The van der Waals surface area contributed by atoms with Crippen molar-refractivity contribution in [3.05, 3.63) is 42.8 Å². The number of aliphatic hydroxyl groups excluding tert-OH is 1. The summed E-state index contributed by atoms with van der Waals surface area (Å²) in [6.45, 7) is 10.3. The summed E-state index contributed by atoms with van der Waals surface area (Å²) in [5.74, 6) is -0.853. The minimum absolute atomic E-state index is 0.175. The molecule has 1 heterocycles. The monoisotopic (exact) mass is 519 g/mol. The molecule has 0 radical (unpaired) electrons. The first kappa shape index (κ1) is 28.1. The number of hydrogen-bond donors (Lipinski definition) is 4. The summed E-state index contributed by atoms with van der Waals surface area (Å²) >= 11 is 7.20. The second-order valence-electron chi connectivity index (χ2n) is 9.53. The average molecular weight is 520 g/mol. The summed E-state index contributed by atoms with van der Waals surface area (Å²) in [4.78, 5) is 37.9. The van der Waals surface area contributed by atoms with E-state index < -0.39 is 16.9 Å². The van der Waals surface area contributed by atoms with Crippen LogP contribution < -0.4 is 30.7 Å². The Hall–Kier alpha value is -3.13. The number of nitrogens with zero attached hydrogens (tertiary/aromatic N) is 2. The zero-order valence-electron chi connectivity index (χ0n) is 20.6. The van der Waals surface area contributed by atoms with E-state index in [0.717, 1.165) is 11.3 Å². The molecule has 0 atom stereocenters. The quantitative estimate of drug-likeness (QED) is 0.441. The summed E-state index contributed by atoms with van der Waals surface area (Å²) in [6.07, 6.45) is 1.47. The fourth-order valence-corrected chi connectivity index (χ4v) is 4.13. The molecule has 2 aromatic rings. The van der Waals surface area contributed by atoms with Gasteiger partial charge in [0.15, 0.2) is 5.57 Å². The number of hydrogen-bond acceptors (Lipinski definition) is 7. The first-order valence-electron chi connectivity index (χ1n) is 10.9. The third-order valence-electron chi connectivity index (χ3n) is 4.83. The maximum Gasteiger partial charge on any atom is 0.270 e. The van der Waals surface area contributed by atoms with E-state index in [1.807, 2.05) is 6.07 Å². The fourth-order valence-electron chi connectivity index (χ4n) is 2.81. The Morgan fingerprint density at radius 1 is 1.20 bits per heavy atom. The highest BCUT2D eigenvalue weighted by atomic mass is 35.5. The molecule has 0 aliphatic heterocycles. The zero-order valence-corrected chi connectivity index (χ0v) is 22.1. The van der Waals surface area contributed by atoms with Gasteiger partial charge in [-0.05, 0) is 39.0 Å². The normalized spacial score (nSPS) is 13.2. The van der Waals surface area contributed by atoms with Crippen molar-refractivity contribution in [2.45, 2.75) is 53.6 Å². The SMILES string of the molecule is CCn1c(=C(C#N)C(=O)NC(C)(C)CO)sc(=CNc2cc(Cl)cc(NC(=O)C(C)(C)C)c2)c1=O. The molecule has 4 N–H and O–H groups in total. The third-order valence-corrected chi connectivity index (χ3v) is 6.18. The van der Waals surface area contributed by atoms with E-state index in [2.05, 4.69) is 16.0 Å². The van der Waals surface area contributed by atoms with Crippen LogP contribution in [0.25, 0.3) is 11.8 Å². The number of rotatable bonds is 7. The molecule has 11 heteroatoms. The maximum absolute atomic E-state index is 12.9. The smallest absolute Gasteiger partial charge is 0.270 e. The van der Waals surface area contributed by atoms with Gasteiger partial charge in [-0.1, -0.05) is 32.4 Å². The van der Waals surface area contributed by atoms with Gasteiger partial charge in [-0.15, -0.1) is 11.3 Å². The molecule has 0 saturated heterocycles. The minimum atomic E-state index is -0.934. The van der Waals surface area contributed by atoms with E-state index in [4.69, 9.17) is 11.6 Å². The molecule has 1 aromatic carbocycles. The molecule has 9 nitrogen and oxygen atoms in total. The summed E-state index contributed by atoms with van der Waals surface area (Å²) in [6, 6.07) is 6.81. The van der Waals surface area contributed by atoms with E-state index in [0.29, 0.717) is 16.4 Å². The van der Waals surface area contributed by atoms with Crippen LogP contribution in [0.2, 0.25) is 5.02 Å². The molecule has 0 saturated carbocycles. The van der Waals surface area contributed by atoms with Crippen molar-refractivity contribution in [2.75, 3.05) is 17.2 Å². The molecule has 188 valence electrons. The van der Waals surface area contributed by atoms with Crippen LogP contribution in [-0.2, 0) is 16.1 Å². The van der Waals surface area contributed by atoms with Gasteiger partial charge in [-0.25, -0.2) is 0 Å². The highest BCUT2D eigenvalue weighted by Crippen LogP contribution is 2.24. The molecule has 35 heavy (non-hydrogen) atoms. The Morgan fingerprint density at radius 2 is 1.83 bits per heavy atom. The second-order valence-corrected chi connectivity index (χ2v) is 11.0. The molecule has 0 spiro atoms. The molecule has 0 aliphatic rings. The van der Waals surface area contributed by atoms with Crippen molar-refractivity contribution in [1.82, 2.24) is 9.88 Å². The average Bonchev–Trinajstić information content (AvgIpc) is 3.06. The number of anilines is 2. The van der Waals surface area contributed by atoms with Gasteiger partial charge in [0.1, 0.15) is 15.3 Å². The number of aromatic nitrogens is 1. The van der Waals surface area contributed by atoms with Crippen molar-refractivity contribution in [2.24, 2.45) is 5.41 Å². The molecule has 0 aliphatic carbocycles. The van der Waals surface area contributed by atoms with Crippen molar-refractivity contribution in [3.8, 4) is 6.07 Å². The molecule has 0 unspecified atom stereocenters. The van der Waals surface area contributed by atoms with Crippen molar-refractivity contribution in [1.29, 1.82) is 5.26 Å². The Bertz CT molecular complexity index is 1350. The number of carbonyl (C=O) groups excluding carboxylic acids is 2. The molecule has 2 amide bonds. The Labute approximate surface area is 212 Å². The van der Waals surface area contributed by atoms with Crippen LogP contribution in [0, 0.1) is 16.7 Å². The van der Waals surface area contributed by atoms with Crippen molar-refractivity contribution >= 4 is 57.9 Å². The van der Waals surface area contributed by atoms with Crippen LogP contribution in [0.4, 0.5) is 11.4 Å². The number of thiazole rings is 1. The number of amides is 2. The predicted octanol–water partition coefficient (Wildman–Crippen LogP) is 1.98. The standard InChI is InChI=1S/C24H30ClN5O4S/c1-7-30-20(33)18(35-21(30)17(11-26)19(32)29-24(5,6)13-31)12-27-15-8-14(25)9-16(10-15)28-22(34)23(2,3)4/h8-10,12,27,31H,7,13H2,1-6H3,(H,28,34)(H,29,32). The fraction of sp³-hybridized carbons (Fsp3) is 0.417. The van der Waals surface area contributed by atoms with Gasteiger partial charge in [-0.2, -0.15) is 5.26 Å². The highest BCUT2D eigenvalue weighted by Gasteiger charge is 2.24. The van der Waals surface area contributed by atoms with Crippen LogP contribution in [0.1, 0.15) is 41.5 Å². The summed E-state index contributed by atoms with van der Waals surface area (Å²) in [5.41, 5.74) is -1.08. The second kappa shape index (κ2) is 11.1. The van der Waals surface area contributed by atoms with Crippen molar-refractivity contribution < 1.29 is 14.7 Å². The molecule has 2 rings (SSSR count). The number of benzene rings is 1. The van der Waals surface area contributed by atoms with E-state index in [-0.39, 0.29) is 39.4 Å². The molecule has 1 aromatic heterocycles. The number of carbonyl (C=O) groups is 2. The number of halogens is 1. The van der Waals surface area contributed by atoms with E-state index in [1.165, 1.54) is 10.8 Å². The first-order valence-corrected chi connectivity index (χ1v) is 12.1. The van der Waals surface area contributed by atoms with Gasteiger partial charge in [0.05, 0.1) is 12.1 Å². The maximum atomic E-state index is 12.9. The van der Waals surface area contributed by atoms with Gasteiger partial charge < -0.3 is 21.1 Å². The van der Waals surface area contributed by atoms with Crippen LogP contribution >= 0.6 is 22.9 Å². The summed E-state index contributed by atoms with van der Waals surface area (Å²) in [7, 11) is 0. The largest absolute Gasteiger partial charge is 0.394 e. The van der Waals surface area contributed by atoms with Gasteiger partial charge in [0.2, 0.25) is 5.91 Å². The van der Waals surface area contributed by atoms with Gasteiger partial charge >= 0.3 is 0 Å². The lowest BCUT2D eigenvalue weighted by atomic mass is 9.95. The van der Waals surface area contributed by atoms with Gasteiger partial charge in [-0.3, -0.25) is 19.0 Å². The number of aliphatic hydroxyl groups is 1. The van der Waals surface area contributed by atoms with Crippen molar-refractivity contribution in [3.63, 3.8) is 0 Å². The molecule has 0 bridgehead atoms. The molecular weight excluding hydrogens is 490 g/mol. The van der Waals surface area contributed by atoms with Crippen LogP contribution in [0.5, 0.6) is 0 Å². The van der Waals surface area contributed by atoms with Crippen LogP contribution in [0.15, 0.2) is 23.0 Å². The van der Waals surface area contributed by atoms with E-state index >= 15 is 0 Å². The first-order chi connectivity index (χ1) is 16.2. The topological polar surface area (TPSA) is 136 Å². The Balaban J connectivity index is 2.50. The summed E-state index contributed by atoms with van der Waals surface area (Å²) in [5, 5.41) is 27.9. The summed E-state index contributed by atoms with van der Waals surface area (Å²) < 4.78 is 1.82. The van der Waals surface area contributed by atoms with Crippen LogP contribution in [0.3, 0.4) is 0 Å². The minimum Gasteiger partial charge on any atom is -0.394 e. The molecular formula is C24H30ClN5O4S. The van der Waals surface area contributed by atoms with E-state index in [1.54, 1.807) is 59.7 Å². The van der Waals surface area contributed by atoms with Crippen LogP contribution in [-0.4, -0.2) is 33.6 Å². The third kappa shape index (κ3) is 7.18. The Kier molecular flexibility index (Phi) is 8.89.